The van der Waals surface area contributed by atoms with Gasteiger partial charge in [-0.1, -0.05) is 19.1 Å². The van der Waals surface area contributed by atoms with Crippen LogP contribution in [0.2, 0.25) is 0 Å². The molecule has 1 atom stereocenters. The first-order valence-electron chi connectivity index (χ1n) is 7.76. The fourth-order valence-electron chi connectivity index (χ4n) is 1.98. The van der Waals surface area contributed by atoms with Gasteiger partial charge in [-0.3, -0.25) is 4.79 Å². The van der Waals surface area contributed by atoms with Gasteiger partial charge >= 0.3 is 0 Å². The summed E-state index contributed by atoms with van der Waals surface area (Å²) in [6, 6.07) is 11.6. The van der Waals surface area contributed by atoms with Crippen LogP contribution in [0, 0.1) is 0 Å². The number of nitrogens with zero attached hydrogens (tertiary/aromatic N) is 1. The number of hydrogen-bond acceptors (Lipinski definition) is 4. The van der Waals surface area contributed by atoms with E-state index >= 15 is 0 Å². The average molecular weight is 313 g/mol. The number of amides is 1. The van der Waals surface area contributed by atoms with E-state index in [1.807, 2.05) is 44.2 Å². The molecular formula is C18H23N3O2. The summed E-state index contributed by atoms with van der Waals surface area (Å²) in [6.07, 6.45) is 2.49. The molecule has 1 aromatic carbocycles. The van der Waals surface area contributed by atoms with Crippen molar-refractivity contribution in [1.82, 2.24) is 10.3 Å². The van der Waals surface area contributed by atoms with Crippen LogP contribution >= 0.6 is 0 Å². The molecule has 0 aliphatic rings. The summed E-state index contributed by atoms with van der Waals surface area (Å²) in [5, 5.41) is 6.16. The maximum Gasteiger partial charge on any atom is 0.253 e. The monoisotopic (exact) mass is 313 g/mol. The standard InChI is InChI=1S/C18H23N3O2/c1-4-13(2)21-18(22)15-7-10-17(20-12-15)19-11-14-5-8-16(23-3)9-6-14/h5-10,12-13H,4,11H2,1-3H3,(H,19,20)(H,21,22). The molecule has 2 aromatic rings. The van der Waals surface area contributed by atoms with Gasteiger partial charge in [-0.15, -0.1) is 0 Å². The van der Waals surface area contributed by atoms with Gasteiger partial charge in [0.2, 0.25) is 0 Å². The minimum Gasteiger partial charge on any atom is -0.497 e. The van der Waals surface area contributed by atoms with Crippen molar-refractivity contribution in [2.45, 2.75) is 32.9 Å². The fourth-order valence-corrected chi connectivity index (χ4v) is 1.98. The molecular weight excluding hydrogens is 290 g/mol. The third-order valence-corrected chi connectivity index (χ3v) is 3.65. The van der Waals surface area contributed by atoms with Gasteiger partial charge in [0.05, 0.1) is 12.7 Å². The molecule has 0 aliphatic heterocycles. The van der Waals surface area contributed by atoms with Gasteiger partial charge in [0.1, 0.15) is 11.6 Å². The number of aromatic nitrogens is 1. The normalized spacial score (nSPS) is 11.6. The van der Waals surface area contributed by atoms with Crippen molar-refractivity contribution in [3.8, 4) is 5.75 Å². The Morgan fingerprint density at radius 1 is 1.22 bits per heavy atom. The summed E-state index contributed by atoms with van der Waals surface area (Å²) in [7, 11) is 1.65. The number of ether oxygens (including phenoxy) is 1. The molecule has 2 N–H and O–H groups in total. The van der Waals surface area contributed by atoms with Crippen LogP contribution < -0.4 is 15.4 Å². The predicted octanol–water partition coefficient (Wildman–Crippen LogP) is 3.23. The quantitative estimate of drug-likeness (QED) is 0.824. The number of methoxy groups -OCH3 is 1. The van der Waals surface area contributed by atoms with Gasteiger partial charge < -0.3 is 15.4 Å². The molecule has 122 valence electrons. The van der Waals surface area contributed by atoms with Crippen LogP contribution in [0.1, 0.15) is 36.2 Å². The maximum atomic E-state index is 12.0. The number of nitrogens with one attached hydrogen (secondary N) is 2. The lowest BCUT2D eigenvalue weighted by molar-refractivity contribution is 0.0939. The van der Waals surface area contributed by atoms with Crippen LogP contribution in [0.15, 0.2) is 42.6 Å². The molecule has 0 spiro atoms. The second kappa shape index (κ2) is 8.17. The topological polar surface area (TPSA) is 63.2 Å². The van der Waals surface area contributed by atoms with Crippen molar-refractivity contribution in [2.75, 3.05) is 12.4 Å². The number of anilines is 1. The Kier molecular flexibility index (Phi) is 5.97. The van der Waals surface area contributed by atoms with Crippen molar-refractivity contribution >= 4 is 11.7 Å². The molecule has 0 fully saturated rings. The summed E-state index contributed by atoms with van der Waals surface area (Å²) >= 11 is 0. The number of carbonyl (C=O) groups excluding carboxylic acids is 1. The first-order chi connectivity index (χ1) is 11.1. The molecule has 5 nitrogen and oxygen atoms in total. The molecule has 23 heavy (non-hydrogen) atoms. The van der Waals surface area contributed by atoms with Gasteiger partial charge in [0.25, 0.3) is 5.91 Å². The number of benzene rings is 1. The number of rotatable bonds is 7. The first kappa shape index (κ1) is 16.8. The lowest BCUT2D eigenvalue weighted by atomic mass is 10.2. The summed E-state index contributed by atoms with van der Waals surface area (Å²) in [6.45, 7) is 4.68. The molecule has 0 radical (unpaired) electrons. The zero-order valence-electron chi connectivity index (χ0n) is 13.8. The number of carbonyl (C=O) groups is 1. The van der Waals surface area contributed by atoms with Crippen molar-refractivity contribution < 1.29 is 9.53 Å². The number of hydrogen-bond donors (Lipinski definition) is 2. The van der Waals surface area contributed by atoms with E-state index in [-0.39, 0.29) is 11.9 Å². The molecule has 1 unspecified atom stereocenters. The van der Waals surface area contributed by atoms with E-state index in [2.05, 4.69) is 15.6 Å². The van der Waals surface area contributed by atoms with E-state index in [4.69, 9.17) is 4.74 Å². The second-order valence-electron chi connectivity index (χ2n) is 5.42. The zero-order valence-corrected chi connectivity index (χ0v) is 13.8. The van der Waals surface area contributed by atoms with Gasteiger partial charge in [-0.05, 0) is 43.2 Å². The Hall–Kier alpha value is -2.56. The Bertz CT molecular complexity index is 624. The van der Waals surface area contributed by atoms with E-state index in [0.717, 1.165) is 23.6 Å². The maximum absolute atomic E-state index is 12.0. The van der Waals surface area contributed by atoms with Crippen molar-refractivity contribution in [1.29, 1.82) is 0 Å². The van der Waals surface area contributed by atoms with E-state index in [0.29, 0.717) is 12.1 Å². The predicted molar refractivity (Wildman–Crippen MR) is 91.8 cm³/mol. The number of pyridine rings is 1. The minimum atomic E-state index is -0.0893. The molecule has 1 amide bonds. The van der Waals surface area contributed by atoms with Gasteiger partial charge in [0.15, 0.2) is 0 Å². The zero-order chi connectivity index (χ0) is 16.7. The Labute approximate surface area is 137 Å². The van der Waals surface area contributed by atoms with Crippen molar-refractivity contribution in [3.63, 3.8) is 0 Å². The van der Waals surface area contributed by atoms with E-state index in [1.54, 1.807) is 19.4 Å². The summed E-state index contributed by atoms with van der Waals surface area (Å²) in [4.78, 5) is 16.3. The van der Waals surface area contributed by atoms with Gasteiger partial charge in [-0.2, -0.15) is 0 Å². The molecule has 5 heteroatoms. The lowest BCUT2D eigenvalue weighted by Gasteiger charge is -2.11. The van der Waals surface area contributed by atoms with Gasteiger partial charge in [-0.25, -0.2) is 4.98 Å². The third-order valence-electron chi connectivity index (χ3n) is 3.65. The minimum absolute atomic E-state index is 0.0893. The molecule has 0 saturated carbocycles. The van der Waals surface area contributed by atoms with Crippen molar-refractivity contribution in [3.05, 3.63) is 53.7 Å². The molecule has 1 heterocycles. The largest absolute Gasteiger partial charge is 0.497 e. The summed E-state index contributed by atoms with van der Waals surface area (Å²) < 4.78 is 5.13. The van der Waals surface area contributed by atoms with E-state index < -0.39 is 0 Å². The van der Waals surface area contributed by atoms with Crippen LogP contribution in [0.5, 0.6) is 5.75 Å². The molecule has 0 saturated heterocycles. The highest BCUT2D eigenvalue weighted by molar-refractivity contribution is 5.94. The summed E-state index contributed by atoms with van der Waals surface area (Å²) in [5.74, 6) is 1.48. The van der Waals surface area contributed by atoms with E-state index in [1.165, 1.54) is 0 Å². The molecule has 0 aliphatic carbocycles. The van der Waals surface area contributed by atoms with Crippen molar-refractivity contribution in [2.24, 2.45) is 0 Å². The lowest BCUT2D eigenvalue weighted by Crippen LogP contribution is -2.31. The van der Waals surface area contributed by atoms with Crippen LogP contribution in [0.4, 0.5) is 5.82 Å². The average Bonchev–Trinajstić information content (AvgIpc) is 2.60. The van der Waals surface area contributed by atoms with E-state index in [9.17, 15) is 4.79 Å². The molecule has 0 bridgehead atoms. The highest BCUT2D eigenvalue weighted by Gasteiger charge is 2.08. The molecule has 2 rings (SSSR count). The smallest absolute Gasteiger partial charge is 0.253 e. The Balaban J connectivity index is 1.90. The fraction of sp³-hybridized carbons (Fsp3) is 0.333. The van der Waals surface area contributed by atoms with Crippen LogP contribution in [0.3, 0.4) is 0 Å². The Morgan fingerprint density at radius 2 is 1.96 bits per heavy atom. The SMILES string of the molecule is CCC(C)NC(=O)c1ccc(NCc2ccc(OC)cc2)nc1. The first-order valence-corrected chi connectivity index (χ1v) is 7.76. The highest BCUT2D eigenvalue weighted by atomic mass is 16.5. The summed E-state index contributed by atoms with van der Waals surface area (Å²) in [5.41, 5.74) is 1.70. The molecule has 1 aromatic heterocycles. The second-order valence-corrected chi connectivity index (χ2v) is 5.42. The van der Waals surface area contributed by atoms with Crippen LogP contribution in [0.25, 0.3) is 0 Å². The van der Waals surface area contributed by atoms with Crippen LogP contribution in [-0.4, -0.2) is 24.0 Å². The van der Waals surface area contributed by atoms with Crippen LogP contribution in [-0.2, 0) is 6.54 Å². The van der Waals surface area contributed by atoms with Gasteiger partial charge in [0, 0.05) is 18.8 Å². The Morgan fingerprint density at radius 3 is 2.52 bits per heavy atom. The third kappa shape index (κ3) is 4.98. The highest BCUT2D eigenvalue weighted by Crippen LogP contribution is 2.13.